The molecule has 0 aromatic heterocycles. The largest absolute Gasteiger partial charge is 0.497 e. The highest BCUT2D eigenvalue weighted by Gasteiger charge is 2.34. The number of hydrazone groups is 1. The van der Waals surface area contributed by atoms with Gasteiger partial charge in [0.25, 0.3) is 5.91 Å². The van der Waals surface area contributed by atoms with E-state index in [0.717, 1.165) is 11.1 Å². The SMILES string of the molecule is CCC(=O)N(CCOC)CC(=O)N1N=C(c2ccc(F)cc2)CC1c1ccc(OC)cc1. The average molecular weight is 442 g/mol. The summed E-state index contributed by atoms with van der Waals surface area (Å²) >= 11 is 0. The Kier molecular flexibility index (Phi) is 7.94. The molecule has 170 valence electrons. The molecule has 2 amide bonds. The summed E-state index contributed by atoms with van der Waals surface area (Å²) in [5.41, 5.74) is 2.33. The fourth-order valence-electron chi connectivity index (χ4n) is 3.60. The van der Waals surface area contributed by atoms with Gasteiger partial charge < -0.3 is 14.4 Å². The molecule has 32 heavy (non-hydrogen) atoms. The van der Waals surface area contributed by atoms with Gasteiger partial charge in [0, 0.05) is 26.5 Å². The van der Waals surface area contributed by atoms with Crippen molar-refractivity contribution >= 4 is 17.5 Å². The fraction of sp³-hybridized carbons (Fsp3) is 0.375. The van der Waals surface area contributed by atoms with E-state index in [9.17, 15) is 14.0 Å². The second kappa shape index (κ2) is 10.9. The number of rotatable bonds is 9. The Morgan fingerprint density at radius 2 is 1.81 bits per heavy atom. The van der Waals surface area contributed by atoms with Crippen LogP contribution in [0.3, 0.4) is 0 Å². The van der Waals surface area contributed by atoms with Crippen LogP contribution in [-0.4, -0.2) is 61.4 Å². The quantitative estimate of drug-likeness (QED) is 0.598. The number of ether oxygens (including phenoxy) is 2. The van der Waals surface area contributed by atoms with Crippen LogP contribution in [-0.2, 0) is 14.3 Å². The van der Waals surface area contributed by atoms with Crippen LogP contribution in [0.25, 0.3) is 0 Å². The Labute approximate surface area is 187 Å². The number of benzene rings is 2. The molecule has 0 N–H and O–H groups in total. The number of nitrogens with zero attached hydrogens (tertiary/aromatic N) is 3. The van der Waals surface area contributed by atoms with Crippen molar-refractivity contribution in [2.45, 2.75) is 25.8 Å². The van der Waals surface area contributed by atoms with E-state index >= 15 is 0 Å². The van der Waals surface area contributed by atoms with Crippen molar-refractivity contribution in [2.75, 3.05) is 33.9 Å². The van der Waals surface area contributed by atoms with E-state index < -0.39 is 0 Å². The van der Waals surface area contributed by atoms with E-state index in [0.29, 0.717) is 37.5 Å². The zero-order chi connectivity index (χ0) is 23.1. The Hall–Kier alpha value is -3.26. The molecule has 0 saturated carbocycles. The van der Waals surface area contributed by atoms with E-state index in [1.165, 1.54) is 22.0 Å². The molecule has 3 rings (SSSR count). The number of methoxy groups -OCH3 is 2. The second-order valence-electron chi connectivity index (χ2n) is 7.45. The van der Waals surface area contributed by atoms with Crippen molar-refractivity contribution in [3.8, 4) is 5.75 Å². The molecular formula is C24H28FN3O4. The summed E-state index contributed by atoms with van der Waals surface area (Å²) in [5, 5.41) is 6.02. The van der Waals surface area contributed by atoms with Crippen molar-refractivity contribution in [2.24, 2.45) is 5.10 Å². The summed E-state index contributed by atoms with van der Waals surface area (Å²) in [7, 11) is 3.14. The lowest BCUT2D eigenvalue weighted by Gasteiger charge is -2.26. The maximum Gasteiger partial charge on any atom is 0.262 e. The van der Waals surface area contributed by atoms with Gasteiger partial charge in [0.2, 0.25) is 5.91 Å². The zero-order valence-corrected chi connectivity index (χ0v) is 18.6. The van der Waals surface area contributed by atoms with E-state index in [1.807, 2.05) is 24.3 Å². The molecule has 1 aliphatic heterocycles. The molecule has 1 unspecified atom stereocenters. The lowest BCUT2D eigenvalue weighted by Crippen LogP contribution is -2.42. The third-order valence-corrected chi connectivity index (χ3v) is 5.39. The summed E-state index contributed by atoms with van der Waals surface area (Å²) in [6, 6.07) is 13.2. The number of amides is 2. The molecule has 7 nitrogen and oxygen atoms in total. The average Bonchev–Trinajstić information content (AvgIpc) is 3.27. The number of carbonyl (C=O) groups is 2. The van der Waals surface area contributed by atoms with E-state index in [1.54, 1.807) is 33.3 Å². The van der Waals surface area contributed by atoms with Crippen LogP contribution in [0, 0.1) is 5.82 Å². The van der Waals surface area contributed by atoms with Crippen molar-refractivity contribution in [3.05, 3.63) is 65.5 Å². The maximum atomic E-state index is 13.4. The number of hydrogen-bond donors (Lipinski definition) is 0. The lowest BCUT2D eigenvalue weighted by atomic mass is 9.98. The number of hydrogen-bond acceptors (Lipinski definition) is 5. The smallest absolute Gasteiger partial charge is 0.262 e. The summed E-state index contributed by atoms with van der Waals surface area (Å²) in [5.74, 6) is -0.0402. The fourth-order valence-corrected chi connectivity index (χ4v) is 3.60. The first-order valence-electron chi connectivity index (χ1n) is 10.5. The molecule has 0 saturated heterocycles. The first-order chi connectivity index (χ1) is 15.5. The topological polar surface area (TPSA) is 71.4 Å². The van der Waals surface area contributed by atoms with Gasteiger partial charge in [-0.25, -0.2) is 9.40 Å². The van der Waals surface area contributed by atoms with Crippen molar-refractivity contribution < 1.29 is 23.5 Å². The molecular weight excluding hydrogens is 413 g/mol. The van der Waals surface area contributed by atoms with Crippen LogP contribution in [0.1, 0.15) is 36.9 Å². The van der Waals surface area contributed by atoms with Gasteiger partial charge in [-0.15, -0.1) is 0 Å². The molecule has 2 aromatic carbocycles. The van der Waals surface area contributed by atoms with E-state index in [-0.39, 0.29) is 30.2 Å². The van der Waals surface area contributed by atoms with Gasteiger partial charge in [0.15, 0.2) is 0 Å². The molecule has 8 heteroatoms. The minimum atomic E-state index is -0.338. The standard InChI is InChI=1S/C24H28FN3O4/c1-4-23(29)27(13-14-31-2)16-24(30)28-22(18-7-11-20(32-3)12-8-18)15-21(26-28)17-5-9-19(25)10-6-17/h5-12,22H,4,13-16H2,1-3H3. The van der Waals surface area contributed by atoms with Gasteiger partial charge in [-0.05, 0) is 35.4 Å². The highest BCUT2D eigenvalue weighted by atomic mass is 19.1. The minimum absolute atomic E-state index is 0.0944. The number of halogens is 1. The van der Waals surface area contributed by atoms with Crippen LogP contribution in [0.4, 0.5) is 4.39 Å². The summed E-state index contributed by atoms with van der Waals surface area (Å²) in [6.45, 7) is 2.33. The molecule has 0 fully saturated rings. The van der Waals surface area contributed by atoms with Crippen LogP contribution in [0.2, 0.25) is 0 Å². The zero-order valence-electron chi connectivity index (χ0n) is 18.6. The van der Waals surface area contributed by atoms with E-state index in [4.69, 9.17) is 9.47 Å². The molecule has 2 aromatic rings. The highest BCUT2D eigenvalue weighted by Crippen LogP contribution is 2.33. The van der Waals surface area contributed by atoms with Gasteiger partial charge in [0.05, 0.1) is 25.5 Å². The first-order valence-corrected chi connectivity index (χ1v) is 10.5. The molecule has 0 spiro atoms. The molecule has 1 atom stereocenters. The van der Waals surface area contributed by atoms with Crippen LogP contribution < -0.4 is 4.74 Å². The summed E-state index contributed by atoms with van der Waals surface area (Å²) in [4.78, 5) is 27.1. The van der Waals surface area contributed by atoms with Gasteiger partial charge in [-0.3, -0.25) is 9.59 Å². The monoisotopic (exact) mass is 441 g/mol. The molecule has 1 aliphatic rings. The predicted molar refractivity (Wildman–Crippen MR) is 119 cm³/mol. The van der Waals surface area contributed by atoms with Crippen molar-refractivity contribution in [1.82, 2.24) is 9.91 Å². The Morgan fingerprint density at radius 3 is 2.41 bits per heavy atom. The third kappa shape index (κ3) is 5.50. The molecule has 1 heterocycles. The summed E-state index contributed by atoms with van der Waals surface area (Å²) in [6.07, 6.45) is 0.770. The normalized spacial score (nSPS) is 15.4. The van der Waals surface area contributed by atoms with Crippen molar-refractivity contribution in [3.63, 3.8) is 0 Å². The van der Waals surface area contributed by atoms with Crippen LogP contribution in [0.15, 0.2) is 53.6 Å². The Bertz CT molecular complexity index is 960. The molecule has 0 radical (unpaired) electrons. The Balaban J connectivity index is 1.89. The maximum absolute atomic E-state index is 13.4. The van der Waals surface area contributed by atoms with Gasteiger partial charge in [-0.1, -0.05) is 31.2 Å². The van der Waals surface area contributed by atoms with Gasteiger partial charge in [-0.2, -0.15) is 5.10 Å². The van der Waals surface area contributed by atoms with E-state index in [2.05, 4.69) is 5.10 Å². The van der Waals surface area contributed by atoms with Gasteiger partial charge in [0.1, 0.15) is 18.1 Å². The number of carbonyl (C=O) groups excluding carboxylic acids is 2. The minimum Gasteiger partial charge on any atom is -0.497 e. The Morgan fingerprint density at radius 1 is 1.12 bits per heavy atom. The predicted octanol–water partition coefficient (Wildman–Crippen LogP) is 3.40. The lowest BCUT2D eigenvalue weighted by molar-refractivity contribution is -0.141. The highest BCUT2D eigenvalue weighted by molar-refractivity contribution is 6.03. The van der Waals surface area contributed by atoms with Crippen molar-refractivity contribution in [1.29, 1.82) is 0 Å². The third-order valence-electron chi connectivity index (χ3n) is 5.39. The first kappa shape index (κ1) is 23.4. The van der Waals surface area contributed by atoms with Crippen LogP contribution >= 0.6 is 0 Å². The summed E-state index contributed by atoms with van der Waals surface area (Å²) < 4.78 is 23.7. The second-order valence-corrected chi connectivity index (χ2v) is 7.45. The van der Waals surface area contributed by atoms with Gasteiger partial charge >= 0.3 is 0 Å². The molecule has 0 aliphatic carbocycles. The van der Waals surface area contributed by atoms with Crippen LogP contribution in [0.5, 0.6) is 5.75 Å². The molecule has 0 bridgehead atoms.